The van der Waals surface area contributed by atoms with Crippen LogP contribution in [-0.2, 0) is 14.6 Å². The van der Waals surface area contributed by atoms with Crippen LogP contribution in [0.15, 0.2) is 71.8 Å². The first-order valence-electron chi connectivity index (χ1n) is 9.47. The standard InChI is InChI=1S/C22H19N3O5S/c1-3-31(27,28)16-12-10-15(11-13-16)30-25-20-17(22(26)29-2)7-6-9-18(20)24-21(25)19-8-4-5-14-23-19/h4-14H,3H2,1-2H3. The van der Waals surface area contributed by atoms with Crippen molar-refractivity contribution in [3.05, 3.63) is 72.4 Å². The topological polar surface area (TPSA) is 100 Å². The number of nitrogens with zero attached hydrogens (tertiary/aromatic N) is 3. The lowest BCUT2D eigenvalue weighted by molar-refractivity contribution is 0.0601. The molecule has 0 saturated heterocycles. The molecule has 0 amide bonds. The lowest BCUT2D eigenvalue weighted by Gasteiger charge is -2.12. The average molecular weight is 437 g/mol. The summed E-state index contributed by atoms with van der Waals surface area (Å²) in [5.41, 5.74) is 1.76. The summed E-state index contributed by atoms with van der Waals surface area (Å²) in [6, 6.07) is 16.5. The van der Waals surface area contributed by atoms with Gasteiger partial charge in [-0.15, -0.1) is 0 Å². The molecule has 2 aromatic heterocycles. The van der Waals surface area contributed by atoms with Gasteiger partial charge in [-0.05, 0) is 48.5 Å². The van der Waals surface area contributed by atoms with Crippen LogP contribution in [0.4, 0.5) is 0 Å². The number of carbonyl (C=O) groups excluding carboxylic acids is 1. The van der Waals surface area contributed by atoms with Gasteiger partial charge in [0, 0.05) is 6.20 Å². The highest BCUT2D eigenvalue weighted by molar-refractivity contribution is 7.91. The van der Waals surface area contributed by atoms with Crippen LogP contribution in [0.3, 0.4) is 0 Å². The third-order valence-electron chi connectivity index (χ3n) is 4.70. The molecule has 0 N–H and O–H groups in total. The predicted octanol–water partition coefficient (Wildman–Crippen LogP) is 3.52. The maximum absolute atomic E-state index is 12.4. The minimum absolute atomic E-state index is 0.00563. The summed E-state index contributed by atoms with van der Waals surface area (Å²) < 4.78 is 30.5. The highest BCUT2D eigenvalue weighted by Crippen LogP contribution is 2.28. The van der Waals surface area contributed by atoms with Crippen LogP contribution in [0.25, 0.3) is 22.6 Å². The molecule has 0 aliphatic rings. The van der Waals surface area contributed by atoms with Crippen molar-refractivity contribution in [2.24, 2.45) is 0 Å². The van der Waals surface area contributed by atoms with Gasteiger partial charge >= 0.3 is 5.97 Å². The molecule has 0 aliphatic carbocycles. The normalized spacial score (nSPS) is 11.4. The Kier molecular flexibility index (Phi) is 5.43. The molecule has 0 radical (unpaired) electrons. The second kappa shape index (κ2) is 8.19. The Labute approximate surface area is 179 Å². The molecular formula is C22H19N3O5S. The molecule has 0 fully saturated rings. The zero-order chi connectivity index (χ0) is 22.0. The third-order valence-corrected chi connectivity index (χ3v) is 6.45. The molecule has 8 nitrogen and oxygen atoms in total. The lowest BCUT2D eigenvalue weighted by Crippen LogP contribution is -2.11. The number of hydrogen-bond acceptors (Lipinski definition) is 7. The number of fused-ring (bicyclic) bond motifs is 1. The Morgan fingerprint density at radius 2 is 1.81 bits per heavy atom. The highest BCUT2D eigenvalue weighted by atomic mass is 32.2. The maximum atomic E-state index is 12.4. The van der Waals surface area contributed by atoms with E-state index in [0.29, 0.717) is 28.3 Å². The minimum atomic E-state index is -3.33. The molecule has 4 aromatic rings. The number of sulfone groups is 1. The highest BCUT2D eigenvalue weighted by Gasteiger charge is 2.22. The summed E-state index contributed by atoms with van der Waals surface area (Å²) in [7, 11) is -2.03. The SMILES string of the molecule is CCS(=O)(=O)c1ccc(On2c(-c3ccccn3)nc3cccc(C(=O)OC)c32)cc1. The maximum Gasteiger partial charge on any atom is 0.340 e. The number of methoxy groups -OCH3 is 1. The molecule has 0 atom stereocenters. The number of pyridine rings is 1. The summed E-state index contributed by atoms with van der Waals surface area (Å²) >= 11 is 0. The van der Waals surface area contributed by atoms with Crippen LogP contribution in [0.2, 0.25) is 0 Å². The van der Waals surface area contributed by atoms with Gasteiger partial charge in [-0.25, -0.2) is 18.2 Å². The molecular weight excluding hydrogens is 418 g/mol. The number of carbonyl (C=O) groups is 1. The monoisotopic (exact) mass is 437 g/mol. The van der Waals surface area contributed by atoms with Crippen LogP contribution in [0.1, 0.15) is 17.3 Å². The first-order valence-corrected chi connectivity index (χ1v) is 11.1. The van der Waals surface area contributed by atoms with Crippen molar-refractivity contribution in [1.82, 2.24) is 14.7 Å². The molecule has 9 heteroatoms. The Morgan fingerprint density at radius 3 is 2.45 bits per heavy atom. The molecule has 0 saturated carbocycles. The van der Waals surface area contributed by atoms with Gasteiger partial charge in [0.15, 0.2) is 21.4 Å². The predicted molar refractivity (Wildman–Crippen MR) is 114 cm³/mol. The summed E-state index contributed by atoms with van der Waals surface area (Å²) in [5, 5.41) is 0. The van der Waals surface area contributed by atoms with Gasteiger partial charge in [0.1, 0.15) is 11.2 Å². The van der Waals surface area contributed by atoms with Crippen LogP contribution in [0, 0.1) is 0 Å². The van der Waals surface area contributed by atoms with E-state index < -0.39 is 15.8 Å². The van der Waals surface area contributed by atoms with Crippen LogP contribution in [-0.4, -0.2) is 41.9 Å². The zero-order valence-corrected chi connectivity index (χ0v) is 17.7. The molecule has 31 heavy (non-hydrogen) atoms. The Hall–Kier alpha value is -3.72. The van der Waals surface area contributed by atoms with E-state index in [1.807, 2.05) is 6.07 Å². The number of hydrogen-bond donors (Lipinski definition) is 0. The van der Waals surface area contributed by atoms with E-state index in [1.165, 1.54) is 24.0 Å². The van der Waals surface area contributed by atoms with E-state index >= 15 is 0 Å². The van der Waals surface area contributed by atoms with E-state index in [1.54, 1.807) is 55.6 Å². The third kappa shape index (κ3) is 3.87. The van der Waals surface area contributed by atoms with E-state index in [2.05, 4.69) is 9.97 Å². The summed E-state index contributed by atoms with van der Waals surface area (Å²) in [4.78, 5) is 27.6. The van der Waals surface area contributed by atoms with E-state index in [9.17, 15) is 13.2 Å². The second-order valence-electron chi connectivity index (χ2n) is 6.58. The van der Waals surface area contributed by atoms with Gasteiger partial charge < -0.3 is 9.57 Å². The number of esters is 1. The Morgan fingerprint density at radius 1 is 1.03 bits per heavy atom. The number of para-hydroxylation sites is 1. The quantitative estimate of drug-likeness (QED) is 0.426. The summed E-state index contributed by atoms with van der Waals surface area (Å²) in [5.74, 6) is 0.224. The van der Waals surface area contributed by atoms with Crippen LogP contribution >= 0.6 is 0 Å². The molecule has 4 rings (SSSR count). The first-order chi connectivity index (χ1) is 14.9. The fourth-order valence-electron chi connectivity index (χ4n) is 3.10. The molecule has 0 unspecified atom stereocenters. The van der Waals surface area contributed by atoms with Crippen molar-refractivity contribution in [3.8, 4) is 17.3 Å². The van der Waals surface area contributed by atoms with Crippen LogP contribution in [0.5, 0.6) is 5.75 Å². The van der Waals surface area contributed by atoms with Crippen molar-refractivity contribution >= 4 is 26.8 Å². The number of benzene rings is 2. The van der Waals surface area contributed by atoms with E-state index in [0.717, 1.165) is 0 Å². The average Bonchev–Trinajstić information content (AvgIpc) is 3.18. The van der Waals surface area contributed by atoms with Gasteiger partial charge in [0.25, 0.3) is 0 Å². The van der Waals surface area contributed by atoms with Gasteiger partial charge in [-0.1, -0.05) is 19.1 Å². The fourth-order valence-corrected chi connectivity index (χ4v) is 3.98. The number of imidazole rings is 1. The first kappa shape index (κ1) is 20.5. The molecule has 0 aliphatic heterocycles. The van der Waals surface area contributed by atoms with Crippen molar-refractivity contribution in [1.29, 1.82) is 0 Å². The fraction of sp³-hybridized carbons (Fsp3) is 0.136. The van der Waals surface area contributed by atoms with Crippen molar-refractivity contribution in [2.75, 3.05) is 12.9 Å². The summed E-state index contributed by atoms with van der Waals surface area (Å²) in [6.07, 6.45) is 1.63. The summed E-state index contributed by atoms with van der Waals surface area (Å²) in [6.45, 7) is 1.59. The van der Waals surface area contributed by atoms with Crippen LogP contribution < -0.4 is 4.84 Å². The number of rotatable bonds is 6. The molecule has 2 aromatic carbocycles. The van der Waals surface area contributed by atoms with Gasteiger partial charge in [-0.2, -0.15) is 4.73 Å². The van der Waals surface area contributed by atoms with Gasteiger partial charge in [0.2, 0.25) is 0 Å². The zero-order valence-electron chi connectivity index (χ0n) is 16.8. The van der Waals surface area contributed by atoms with Gasteiger partial charge in [0.05, 0.1) is 28.8 Å². The van der Waals surface area contributed by atoms with Gasteiger partial charge in [-0.3, -0.25) is 4.98 Å². The second-order valence-corrected chi connectivity index (χ2v) is 8.85. The lowest BCUT2D eigenvalue weighted by atomic mass is 10.2. The van der Waals surface area contributed by atoms with Crippen molar-refractivity contribution in [2.45, 2.75) is 11.8 Å². The molecule has 158 valence electrons. The van der Waals surface area contributed by atoms with E-state index in [4.69, 9.17) is 9.57 Å². The Balaban J connectivity index is 1.88. The largest absolute Gasteiger partial charge is 0.465 e. The Bertz CT molecular complexity index is 1350. The number of ether oxygens (including phenoxy) is 1. The van der Waals surface area contributed by atoms with E-state index in [-0.39, 0.29) is 16.2 Å². The molecule has 0 spiro atoms. The minimum Gasteiger partial charge on any atom is -0.465 e. The van der Waals surface area contributed by atoms with Crippen molar-refractivity contribution in [3.63, 3.8) is 0 Å². The van der Waals surface area contributed by atoms with Crippen molar-refractivity contribution < 1.29 is 22.8 Å². The molecule has 0 bridgehead atoms. The molecule has 2 heterocycles. The smallest absolute Gasteiger partial charge is 0.340 e. The number of aromatic nitrogens is 3.